The Labute approximate surface area is 219 Å². The van der Waals surface area contributed by atoms with E-state index in [4.69, 9.17) is 27.9 Å². The third kappa shape index (κ3) is 5.12. The number of hydrogen-bond donors (Lipinski definition) is 1. The van der Waals surface area contributed by atoms with Crippen molar-refractivity contribution >= 4 is 40.7 Å². The van der Waals surface area contributed by atoms with Gasteiger partial charge in [-0.2, -0.15) is 5.10 Å². The maximum Gasteiger partial charge on any atom is 0.269 e. The van der Waals surface area contributed by atoms with Crippen LogP contribution in [0, 0.1) is 6.92 Å². The molecule has 1 aliphatic heterocycles. The molecule has 190 valence electrons. The van der Waals surface area contributed by atoms with Crippen molar-refractivity contribution in [1.82, 2.24) is 25.0 Å². The zero-order valence-electron chi connectivity index (χ0n) is 20.6. The SMILES string of the molecule is CNC(=O)c1ccc(-c2nn(CC(=O)N3CCN(c4ccc(Cl)c(OC)c4)CC3C)c(C)c2Cl)cn1. The molecule has 0 radical (unpaired) electrons. The van der Waals surface area contributed by atoms with Crippen LogP contribution in [-0.2, 0) is 11.3 Å². The molecule has 1 aromatic carbocycles. The summed E-state index contributed by atoms with van der Waals surface area (Å²) in [7, 11) is 3.14. The third-order valence-corrected chi connectivity index (χ3v) is 7.13. The summed E-state index contributed by atoms with van der Waals surface area (Å²) >= 11 is 12.7. The molecule has 0 aliphatic carbocycles. The zero-order valence-corrected chi connectivity index (χ0v) is 22.1. The summed E-state index contributed by atoms with van der Waals surface area (Å²) in [5.41, 5.74) is 3.18. The molecule has 36 heavy (non-hydrogen) atoms. The third-order valence-electron chi connectivity index (χ3n) is 6.36. The first-order chi connectivity index (χ1) is 17.2. The van der Waals surface area contributed by atoms with Gasteiger partial charge in [-0.05, 0) is 38.1 Å². The molecule has 3 aromatic rings. The van der Waals surface area contributed by atoms with E-state index in [0.29, 0.717) is 58.1 Å². The van der Waals surface area contributed by atoms with E-state index >= 15 is 0 Å². The number of carbonyl (C=O) groups excluding carboxylic acids is 2. The van der Waals surface area contributed by atoms with E-state index < -0.39 is 0 Å². The fraction of sp³-hybridized carbons (Fsp3) is 0.360. The lowest BCUT2D eigenvalue weighted by Gasteiger charge is -2.41. The molecule has 9 nitrogen and oxygen atoms in total. The van der Waals surface area contributed by atoms with Gasteiger partial charge < -0.3 is 19.9 Å². The number of methoxy groups -OCH3 is 1. The van der Waals surface area contributed by atoms with Crippen molar-refractivity contribution in [3.63, 3.8) is 0 Å². The summed E-state index contributed by atoms with van der Waals surface area (Å²) in [4.78, 5) is 33.3. The van der Waals surface area contributed by atoms with Crippen LogP contribution in [0.1, 0.15) is 23.1 Å². The Morgan fingerprint density at radius 2 is 1.97 bits per heavy atom. The highest BCUT2D eigenvalue weighted by molar-refractivity contribution is 6.33. The van der Waals surface area contributed by atoms with E-state index in [1.54, 1.807) is 37.2 Å². The second kappa shape index (κ2) is 10.8. The Balaban J connectivity index is 1.45. The molecule has 1 unspecified atom stereocenters. The summed E-state index contributed by atoms with van der Waals surface area (Å²) < 4.78 is 6.96. The minimum atomic E-state index is -0.274. The molecule has 1 saturated heterocycles. The topological polar surface area (TPSA) is 92.6 Å². The highest BCUT2D eigenvalue weighted by Gasteiger charge is 2.29. The van der Waals surface area contributed by atoms with Gasteiger partial charge in [0.15, 0.2) is 0 Å². The lowest BCUT2D eigenvalue weighted by atomic mass is 10.1. The minimum absolute atomic E-state index is 0.000176. The van der Waals surface area contributed by atoms with E-state index in [2.05, 4.69) is 20.3 Å². The van der Waals surface area contributed by atoms with Gasteiger partial charge in [0.05, 0.1) is 22.8 Å². The first-order valence-electron chi connectivity index (χ1n) is 11.5. The minimum Gasteiger partial charge on any atom is -0.495 e. The molecule has 2 aromatic heterocycles. The predicted octanol–water partition coefficient (Wildman–Crippen LogP) is 3.67. The second-order valence-corrected chi connectivity index (χ2v) is 9.40. The Kier molecular flexibility index (Phi) is 7.70. The van der Waals surface area contributed by atoms with Crippen molar-refractivity contribution in [1.29, 1.82) is 0 Å². The quantitative estimate of drug-likeness (QED) is 0.522. The number of aromatic nitrogens is 3. The van der Waals surface area contributed by atoms with E-state index in [0.717, 1.165) is 5.69 Å². The predicted molar refractivity (Wildman–Crippen MR) is 140 cm³/mol. The van der Waals surface area contributed by atoms with Gasteiger partial charge >= 0.3 is 0 Å². The Morgan fingerprint density at radius 3 is 2.61 bits per heavy atom. The maximum absolute atomic E-state index is 13.2. The van der Waals surface area contributed by atoms with Gasteiger partial charge in [0, 0.05) is 56.2 Å². The number of carbonyl (C=O) groups is 2. The summed E-state index contributed by atoms with van der Waals surface area (Å²) in [5, 5.41) is 8.14. The lowest BCUT2D eigenvalue weighted by molar-refractivity contribution is -0.134. The van der Waals surface area contributed by atoms with Crippen LogP contribution in [0.3, 0.4) is 0 Å². The standard InChI is InChI=1S/C25H28Cl2N6O3/c1-15-13-31(18-6-7-19(26)21(11-18)36-4)9-10-32(15)22(34)14-33-16(2)23(27)24(30-33)17-5-8-20(29-12-17)25(35)28-3/h5-8,11-12,15H,9-10,13-14H2,1-4H3,(H,28,35). The Morgan fingerprint density at radius 1 is 1.19 bits per heavy atom. The summed E-state index contributed by atoms with van der Waals surface area (Å²) in [6.45, 7) is 5.89. The van der Waals surface area contributed by atoms with Crippen LogP contribution in [0.25, 0.3) is 11.3 Å². The summed E-state index contributed by atoms with van der Waals surface area (Å²) in [6, 6.07) is 9.05. The fourth-order valence-corrected chi connectivity index (χ4v) is 4.72. The van der Waals surface area contributed by atoms with Gasteiger partial charge in [0.1, 0.15) is 23.7 Å². The largest absolute Gasteiger partial charge is 0.495 e. The van der Waals surface area contributed by atoms with Crippen molar-refractivity contribution in [2.45, 2.75) is 26.4 Å². The Hall–Kier alpha value is -3.30. The number of pyridine rings is 1. The monoisotopic (exact) mass is 530 g/mol. The average molecular weight is 531 g/mol. The van der Waals surface area contributed by atoms with E-state index in [9.17, 15) is 9.59 Å². The van der Waals surface area contributed by atoms with Crippen LogP contribution in [0.4, 0.5) is 5.69 Å². The molecule has 2 amide bonds. The number of nitrogens with one attached hydrogen (secondary N) is 1. The van der Waals surface area contributed by atoms with Crippen LogP contribution in [0.15, 0.2) is 36.5 Å². The van der Waals surface area contributed by atoms with Gasteiger partial charge in [-0.3, -0.25) is 19.3 Å². The highest BCUT2D eigenvalue weighted by Crippen LogP contribution is 2.31. The number of ether oxygens (including phenoxy) is 1. The first kappa shape index (κ1) is 25.8. The number of halogens is 2. The number of anilines is 1. The number of hydrogen-bond acceptors (Lipinski definition) is 6. The van der Waals surface area contributed by atoms with Gasteiger partial charge in [-0.25, -0.2) is 0 Å². The van der Waals surface area contributed by atoms with E-state index in [1.165, 1.54) is 0 Å². The number of nitrogens with zero attached hydrogens (tertiary/aromatic N) is 5. The van der Waals surface area contributed by atoms with Crippen LogP contribution < -0.4 is 15.0 Å². The van der Waals surface area contributed by atoms with E-state index in [1.807, 2.05) is 36.9 Å². The van der Waals surface area contributed by atoms with Crippen LogP contribution >= 0.6 is 23.2 Å². The summed E-state index contributed by atoms with van der Waals surface area (Å²) in [5.74, 6) is 0.322. The molecule has 1 N–H and O–H groups in total. The summed E-state index contributed by atoms with van der Waals surface area (Å²) in [6.07, 6.45) is 1.55. The molecule has 0 saturated carbocycles. The average Bonchev–Trinajstić information content (AvgIpc) is 3.16. The highest BCUT2D eigenvalue weighted by atomic mass is 35.5. The molecule has 0 bridgehead atoms. The van der Waals surface area contributed by atoms with Crippen molar-refractivity contribution < 1.29 is 14.3 Å². The molecule has 11 heteroatoms. The molecular formula is C25H28Cl2N6O3. The fourth-order valence-electron chi connectivity index (χ4n) is 4.29. The van der Waals surface area contributed by atoms with Gasteiger partial charge in [0.2, 0.25) is 5.91 Å². The second-order valence-electron chi connectivity index (χ2n) is 8.62. The smallest absolute Gasteiger partial charge is 0.269 e. The molecule has 1 fully saturated rings. The molecule has 4 rings (SSSR count). The van der Waals surface area contributed by atoms with Crippen molar-refractivity contribution in [3.8, 4) is 17.0 Å². The normalized spacial score (nSPS) is 15.7. The number of benzene rings is 1. The molecule has 3 heterocycles. The van der Waals surface area contributed by atoms with E-state index in [-0.39, 0.29) is 24.4 Å². The number of rotatable bonds is 6. The molecular weight excluding hydrogens is 503 g/mol. The van der Waals surface area contributed by atoms with Crippen LogP contribution in [-0.4, -0.2) is 71.3 Å². The lowest BCUT2D eigenvalue weighted by Crippen LogP contribution is -2.54. The van der Waals surface area contributed by atoms with Crippen LogP contribution in [0.2, 0.25) is 10.0 Å². The van der Waals surface area contributed by atoms with Gasteiger partial charge in [-0.1, -0.05) is 23.2 Å². The van der Waals surface area contributed by atoms with Crippen LogP contribution in [0.5, 0.6) is 5.75 Å². The van der Waals surface area contributed by atoms with Crippen molar-refractivity contribution in [2.24, 2.45) is 0 Å². The molecule has 0 spiro atoms. The number of amides is 2. The number of piperazine rings is 1. The molecule has 1 atom stereocenters. The zero-order chi connectivity index (χ0) is 26.0. The molecule has 1 aliphatic rings. The maximum atomic E-state index is 13.2. The van der Waals surface area contributed by atoms with Gasteiger partial charge in [0.25, 0.3) is 5.91 Å². The van der Waals surface area contributed by atoms with Crippen molar-refractivity contribution in [2.75, 3.05) is 38.7 Å². The first-order valence-corrected chi connectivity index (χ1v) is 12.3. The van der Waals surface area contributed by atoms with Gasteiger partial charge in [-0.15, -0.1) is 0 Å². The van der Waals surface area contributed by atoms with Crippen molar-refractivity contribution in [3.05, 3.63) is 58.0 Å². The Bertz CT molecular complexity index is 1280.